The molecule has 2 nitrogen and oxygen atoms in total. The van der Waals surface area contributed by atoms with Crippen LogP contribution in [0.2, 0.25) is 0 Å². The van der Waals surface area contributed by atoms with Crippen molar-refractivity contribution >= 4 is 17.7 Å². The number of halogens is 5. The molecule has 0 saturated heterocycles. The normalized spacial score (nSPS) is 14.2. The smallest absolute Gasteiger partial charge is 0.453 e. The Bertz CT molecular complexity index is 332. The predicted octanol–water partition coefficient (Wildman–Crippen LogP) is 5.07. The number of ether oxygens (including phenoxy) is 1. The Balaban J connectivity index is 4.23. The van der Waals surface area contributed by atoms with E-state index in [4.69, 9.17) is 4.74 Å². The first-order valence-corrected chi connectivity index (χ1v) is 8.29. The molecule has 1 atom stereocenters. The third-order valence-corrected chi connectivity index (χ3v) is 4.10. The van der Waals surface area contributed by atoms with E-state index in [9.17, 15) is 26.7 Å². The van der Waals surface area contributed by atoms with Crippen molar-refractivity contribution in [3.63, 3.8) is 0 Å². The Hall–Kier alpha value is -0.530. The summed E-state index contributed by atoms with van der Waals surface area (Å²) in [6.45, 7) is 5.90. The SMILES string of the molecule is CCCC(SCCCC(F)(F)C(F)(F)F)C(=O)OCC(C)C. The fourth-order valence-corrected chi connectivity index (χ4v) is 2.74. The number of thioether (sulfide) groups is 1. The van der Waals surface area contributed by atoms with Crippen LogP contribution in [0.4, 0.5) is 22.0 Å². The van der Waals surface area contributed by atoms with Gasteiger partial charge in [0.15, 0.2) is 0 Å². The standard InChI is InChI=1S/C14H23F5O2S/c1-4-6-11(12(20)21-9-10(2)3)22-8-5-7-13(15,16)14(17,18)19/h10-11H,4-9H2,1-3H3. The number of hydrogen-bond donors (Lipinski definition) is 0. The maximum absolute atomic E-state index is 12.7. The molecule has 0 aliphatic rings. The number of alkyl halides is 5. The Morgan fingerprint density at radius 2 is 1.77 bits per heavy atom. The molecule has 0 aliphatic carbocycles. The largest absolute Gasteiger partial charge is 0.465 e. The van der Waals surface area contributed by atoms with Gasteiger partial charge in [0.25, 0.3) is 0 Å². The average Bonchev–Trinajstić information content (AvgIpc) is 2.38. The molecule has 0 saturated carbocycles. The molecule has 0 fully saturated rings. The predicted molar refractivity (Wildman–Crippen MR) is 77.2 cm³/mol. The van der Waals surface area contributed by atoms with Crippen LogP contribution in [0.1, 0.15) is 46.5 Å². The van der Waals surface area contributed by atoms with Gasteiger partial charge < -0.3 is 4.74 Å². The summed E-state index contributed by atoms with van der Waals surface area (Å²) in [5.41, 5.74) is 0. The molecule has 0 aromatic heterocycles. The van der Waals surface area contributed by atoms with Crippen molar-refractivity contribution in [1.29, 1.82) is 0 Å². The maximum Gasteiger partial charge on any atom is 0.453 e. The molecule has 0 amide bonds. The van der Waals surface area contributed by atoms with Gasteiger partial charge in [-0.2, -0.15) is 22.0 Å². The van der Waals surface area contributed by atoms with Crippen LogP contribution in [0.15, 0.2) is 0 Å². The van der Waals surface area contributed by atoms with E-state index in [0.29, 0.717) is 12.8 Å². The molecule has 132 valence electrons. The maximum atomic E-state index is 12.7. The lowest BCUT2D eigenvalue weighted by Crippen LogP contribution is -2.36. The van der Waals surface area contributed by atoms with E-state index in [1.165, 1.54) is 0 Å². The van der Waals surface area contributed by atoms with Crippen LogP contribution in [0, 0.1) is 5.92 Å². The zero-order valence-electron chi connectivity index (χ0n) is 13.0. The van der Waals surface area contributed by atoms with Crippen LogP contribution >= 0.6 is 11.8 Å². The first-order valence-electron chi connectivity index (χ1n) is 7.24. The van der Waals surface area contributed by atoms with Gasteiger partial charge >= 0.3 is 18.1 Å². The third-order valence-electron chi connectivity index (χ3n) is 2.74. The van der Waals surface area contributed by atoms with Gasteiger partial charge in [0.2, 0.25) is 0 Å². The fraction of sp³-hybridized carbons (Fsp3) is 0.929. The molecule has 8 heteroatoms. The Labute approximate surface area is 132 Å². The summed E-state index contributed by atoms with van der Waals surface area (Å²) in [5.74, 6) is -4.86. The molecular formula is C14H23F5O2S. The van der Waals surface area contributed by atoms with Crippen molar-refractivity contribution < 1.29 is 31.5 Å². The summed E-state index contributed by atoms with van der Waals surface area (Å²) < 4.78 is 66.6. The molecule has 0 N–H and O–H groups in total. The fourth-order valence-electron chi connectivity index (χ4n) is 1.53. The molecule has 0 radical (unpaired) electrons. The lowest BCUT2D eigenvalue weighted by Gasteiger charge is -2.20. The minimum Gasteiger partial charge on any atom is -0.465 e. The van der Waals surface area contributed by atoms with E-state index in [0.717, 1.165) is 11.8 Å². The van der Waals surface area contributed by atoms with E-state index in [-0.39, 0.29) is 24.7 Å². The van der Waals surface area contributed by atoms with Crippen LogP contribution in [0.3, 0.4) is 0 Å². The third kappa shape index (κ3) is 8.19. The van der Waals surface area contributed by atoms with Gasteiger partial charge in [-0.1, -0.05) is 27.2 Å². The van der Waals surface area contributed by atoms with Gasteiger partial charge in [0.05, 0.1) is 6.61 Å². The number of rotatable bonds is 10. The minimum atomic E-state index is -5.52. The number of carbonyl (C=O) groups is 1. The van der Waals surface area contributed by atoms with Crippen LogP contribution < -0.4 is 0 Å². The molecule has 0 rings (SSSR count). The van der Waals surface area contributed by atoms with E-state index < -0.39 is 29.7 Å². The van der Waals surface area contributed by atoms with Gasteiger partial charge in [-0.15, -0.1) is 11.8 Å². The van der Waals surface area contributed by atoms with Crippen LogP contribution in [-0.4, -0.2) is 35.7 Å². The molecule has 0 aliphatic heterocycles. The van der Waals surface area contributed by atoms with E-state index in [2.05, 4.69) is 0 Å². The van der Waals surface area contributed by atoms with E-state index in [1.807, 2.05) is 20.8 Å². The summed E-state index contributed by atoms with van der Waals surface area (Å²) in [7, 11) is 0. The van der Waals surface area contributed by atoms with Gasteiger partial charge in [0.1, 0.15) is 5.25 Å². The summed E-state index contributed by atoms with van der Waals surface area (Å²) in [5, 5.41) is -0.511. The minimum absolute atomic E-state index is 0.0626. The van der Waals surface area contributed by atoms with Crippen molar-refractivity contribution in [2.45, 2.75) is 63.8 Å². The van der Waals surface area contributed by atoms with Gasteiger partial charge in [-0.3, -0.25) is 4.79 Å². The number of esters is 1. The topological polar surface area (TPSA) is 26.3 Å². The molecule has 22 heavy (non-hydrogen) atoms. The van der Waals surface area contributed by atoms with Crippen molar-refractivity contribution in [2.24, 2.45) is 5.92 Å². The van der Waals surface area contributed by atoms with Gasteiger partial charge in [-0.05, 0) is 24.5 Å². The van der Waals surface area contributed by atoms with Crippen LogP contribution in [0.25, 0.3) is 0 Å². The molecular weight excluding hydrogens is 327 g/mol. The zero-order chi connectivity index (χ0) is 17.4. The summed E-state index contributed by atoms with van der Waals surface area (Å²) >= 11 is 1.08. The van der Waals surface area contributed by atoms with Crippen molar-refractivity contribution in [2.75, 3.05) is 12.4 Å². The van der Waals surface area contributed by atoms with Crippen molar-refractivity contribution in [3.8, 4) is 0 Å². The Morgan fingerprint density at radius 1 is 1.18 bits per heavy atom. The van der Waals surface area contributed by atoms with Gasteiger partial charge in [0, 0.05) is 6.42 Å². The highest BCUT2D eigenvalue weighted by molar-refractivity contribution is 8.00. The molecule has 0 heterocycles. The molecule has 0 bridgehead atoms. The van der Waals surface area contributed by atoms with Crippen LogP contribution in [0.5, 0.6) is 0 Å². The summed E-state index contributed by atoms with van der Waals surface area (Å²) in [4.78, 5) is 11.8. The second kappa shape index (κ2) is 9.57. The molecule has 0 aromatic carbocycles. The summed E-state index contributed by atoms with van der Waals surface area (Å²) in [6.07, 6.45) is -5.88. The first-order chi connectivity index (χ1) is 10.0. The molecule has 0 aromatic rings. The lowest BCUT2D eigenvalue weighted by molar-refractivity contribution is -0.284. The second-order valence-electron chi connectivity index (χ2n) is 5.48. The van der Waals surface area contributed by atoms with E-state index in [1.54, 1.807) is 0 Å². The Morgan fingerprint density at radius 3 is 2.23 bits per heavy atom. The lowest BCUT2D eigenvalue weighted by atomic mass is 10.2. The highest BCUT2D eigenvalue weighted by Crippen LogP contribution is 2.39. The highest BCUT2D eigenvalue weighted by atomic mass is 32.2. The molecule has 0 spiro atoms. The van der Waals surface area contributed by atoms with Crippen molar-refractivity contribution in [1.82, 2.24) is 0 Å². The Kier molecular flexibility index (Phi) is 9.34. The quantitative estimate of drug-likeness (QED) is 0.313. The average molecular weight is 350 g/mol. The summed E-state index contributed by atoms with van der Waals surface area (Å²) in [6, 6.07) is 0. The highest BCUT2D eigenvalue weighted by Gasteiger charge is 2.56. The van der Waals surface area contributed by atoms with E-state index >= 15 is 0 Å². The number of carbonyl (C=O) groups excluding carboxylic acids is 1. The van der Waals surface area contributed by atoms with Crippen molar-refractivity contribution in [3.05, 3.63) is 0 Å². The first kappa shape index (κ1) is 21.5. The van der Waals surface area contributed by atoms with Gasteiger partial charge in [-0.25, -0.2) is 0 Å². The molecule has 1 unspecified atom stereocenters. The van der Waals surface area contributed by atoms with Crippen LogP contribution in [-0.2, 0) is 9.53 Å². The monoisotopic (exact) mass is 350 g/mol. The second-order valence-corrected chi connectivity index (χ2v) is 6.79. The zero-order valence-corrected chi connectivity index (χ0v) is 13.8. The number of hydrogen-bond acceptors (Lipinski definition) is 3.